The van der Waals surface area contributed by atoms with Gasteiger partial charge in [-0.15, -0.1) is 0 Å². The number of anilines is 1. The Hall–Kier alpha value is -2.44. The summed E-state index contributed by atoms with van der Waals surface area (Å²) < 4.78 is 1.54. The van der Waals surface area contributed by atoms with E-state index in [0.717, 1.165) is 12.8 Å². The summed E-state index contributed by atoms with van der Waals surface area (Å²) in [4.78, 5) is 37.7. The maximum Gasteiger partial charge on any atom is 0.294 e. The molecule has 25 heavy (non-hydrogen) atoms. The van der Waals surface area contributed by atoms with E-state index >= 15 is 0 Å². The number of aryl methyl sites for hydroxylation is 1. The smallest absolute Gasteiger partial charge is 0.294 e. The van der Waals surface area contributed by atoms with Gasteiger partial charge in [0.05, 0.1) is 0 Å². The predicted molar refractivity (Wildman–Crippen MR) is 97.6 cm³/mol. The van der Waals surface area contributed by atoms with Gasteiger partial charge in [-0.25, -0.2) is 9.97 Å². The van der Waals surface area contributed by atoms with Crippen LogP contribution in [0.5, 0.6) is 0 Å². The van der Waals surface area contributed by atoms with Gasteiger partial charge in [0.2, 0.25) is 5.91 Å². The summed E-state index contributed by atoms with van der Waals surface area (Å²) >= 11 is 0. The van der Waals surface area contributed by atoms with E-state index in [9.17, 15) is 9.59 Å². The third kappa shape index (κ3) is 3.36. The Kier molecular flexibility index (Phi) is 5.01. The van der Waals surface area contributed by atoms with Crippen LogP contribution in [0.4, 0.5) is 5.82 Å². The largest absolute Gasteiger partial charge is 0.348 e. The molecule has 1 amide bonds. The quantitative estimate of drug-likeness (QED) is 0.839. The summed E-state index contributed by atoms with van der Waals surface area (Å²) in [6.45, 7) is 6.59. The minimum atomic E-state index is -0.148. The van der Waals surface area contributed by atoms with Crippen LogP contribution in [-0.4, -0.2) is 51.5 Å². The highest BCUT2D eigenvalue weighted by Crippen LogP contribution is 2.16. The van der Waals surface area contributed by atoms with Crippen LogP contribution in [-0.2, 0) is 11.8 Å². The second-order valence-electron chi connectivity index (χ2n) is 6.65. The number of carbonyl (C=O) groups is 1. The Labute approximate surface area is 147 Å². The Morgan fingerprint density at radius 3 is 2.68 bits per heavy atom. The van der Waals surface area contributed by atoms with Crippen LogP contribution in [0.25, 0.3) is 11.2 Å². The molecule has 134 valence electrons. The van der Waals surface area contributed by atoms with Crippen molar-refractivity contribution in [1.82, 2.24) is 19.4 Å². The van der Waals surface area contributed by atoms with Crippen molar-refractivity contribution in [3.63, 3.8) is 0 Å². The van der Waals surface area contributed by atoms with Crippen LogP contribution in [0.3, 0.4) is 0 Å². The van der Waals surface area contributed by atoms with Crippen molar-refractivity contribution >= 4 is 22.9 Å². The summed E-state index contributed by atoms with van der Waals surface area (Å²) in [6.07, 6.45) is 3.59. The molecule has 0 unspecified atom stereocenters. The van der Waals surface area contributed by atoms with Crippen molar-refractivity contribution in [2.45, 2.75) is 26.7 Å². The topological polar surface area (TPSA) is 71.3 Å². The van der Waals surface area contributed by atoms with Crippen molar-refractivity contribution in [3.8, 4) is 0 Å². The Morgan fingerprint density at radius 2 is 2.00 bits per heavy atom. The SMILES string of the molecule is CCC[C@H](C)C(=O)N1CCN(c2nc3cccnc3n(C)c2=O)CC1. The van der Waals surface area contributed by atoms with Gasteiger partial charge in [-0.2, -0.15) is 0 Å². The van der Waals surface area contributed by atoms with E-state index in [1.54, 1.807) is 17.8 Å². The summed E-state index contributed by atoms with van der Waals surface area (Å²) in [6, 6.07) is 3.67. The molecule has 0 aromatic carbocycles. The lowest BCUT2D eigenvalue weighted by Gasteiger charge is -2.36. The minimum Gasteiger partial charge on any atom is -0.348 e. The molecule has 1 saturated heterocycles. The molecular weight excluding hydrogens is 318 g/mol. The van der Waals surface area contributed by atoms with Crippen LogP contribution in [0.15, 0.2) is 23.1 Å². The Balaban J connectivity index is 1.77. The molecule has 0 radical (unpaired) electrons. The van der Waals surface area contributed by atoms with E-state index in [2.05, 4.69) is 16.9 Å². The summed E-state index contributed by atoms with van der Waals surface area (Å²) in [5, 5.41) is 0. The van der Waals surface area contributed by atoms with Gasteiger partial charge in [-0.05, 0) is 18.6 Å². The number of rotatable bonds is 4. The van der Waals surface area contributed by atoms with E-state index in [-0.39, 0.29) is 17.4 Å². The molecule has 7 heteroatoms. The Bertz CT molecular complexity index is 824. The molecule has 3 rings (SSSR count). The third-order valence-electron chi connectivity index (χ3n) is 4.84. The fourth-order valence-electron chi connectivity index (χ4n) is 3.36. The highest BCUT2D eigenvalue weighted by atomic mass is 16.2. The maximum absolute atomic E-state index is 12.6. The van der Waals surface area contributed by atoms with E-state index < -0.39 is 0 Å². The van der Waals surface area contributed by atoms with Crippen molar-refractivity contribution in [2.75, 3.05) is 31.1 Å². The molecule has 1 fully saturated rings. The van der Waals surface area contributed by atoms with Crippen molar-refractivity contribution in [3.05, 3.63) is 28.7 Å². The average Bonchev–Trinajstić information content (AvgIpc) is 2.64. The molecule has 2 aromatic rings. The van der Waals surface area contributed by atoms with Gasteiger partial charge in [-0.3, -0.25) is 14.2 Å². The molecule has 0 saturated carbocycles. The number of piperazine rings is 1. The first-order valence-electron chi connectivity index (χ1n) is 8.88. The number of nitrogens with zero attached hydrogens (tertiary/aromatic N) is 5. The van der Waals surface area contributed by atoms with E-state index in [1.807, 2.05) is 28.9 Å². The Morgan fingerprint density at radius 1 is 1.28 bits per heavy atom. The molecule has 1 atom stereocenters. The number of hydrogen-bond donors (Lipinski definition) is 0. The van der Waals surface area contributed by atoms with Crippen LogP contribution < -0.4 is 10.5 Å². The molecule has 0 bridgehead atoms. The molecule has 3 heterocycles. The number of aromatic nitrogens is 3. The number of pyridine rings is 1. The zero-order chi connectivity index (χ0) is 18.0. The number of carbonyl (C=O) groups excluding carboxylic acids is 1. The lowest BCUT2D eigenvalue weighted by atomic mass is 10.0. The van der Waals surface area contributed by atoms with Crippen LogP contribution in [0.1, 0.15) is 26.7 Å². The number of amides is 1. The molecule has 0 aliphatic carbocycles. The normalized spacial score (nSPS) is 16.3. The van der Waals surface area contributed by atoms with Crippen molar-refractivity contribution in [2.24, 2.45) is 13.0 Å². The third-order valence-corrected chi connectivity index (χ3v) is 4.84. The van der Waals surface area contributed by atoms with Gasteiger partial charge in [0.25, 0.3) is 5.56 Å². The first-order chi connectivity index (χ1) is 12.0. The molecule has 7 nitrogen and oxygen atoms in total. The summed E-state index contributed by atoms with van der Waals surface area (Å²) in [7, 11) is 1.72. The predicted octanol–water partition coefficient (Wildman–Crippen LogP) is 1.41. The molecule has 1 aliphatic rings. The first kappa shape index (κ1) is 17.4. The van der Waals surface area contributed by atoms with Crippen molar-refractivity contribution in [1.29, 1.82) is 0 Å². The van der Waals surface area contributed by atoms with E-state index in [1.165, 1.54) is 0 Å². The van der Waals surface area contributed by atoms with Gasteiger partial charge in [0.1, 0.15) is 5.52 Å². The second kappa shape index (κ2) is 7.21. The van der Waals surface area contributed by atoms with Crippen LogP contribution in [0, 0.1) is 5.92 Å². The summed E-state index contributed by atoms with van der Waals surface area (Å²) in [5.74, 6) is 0.719. The number of fused-ring (bicyclic) bond motifs is 1. The monoisotopic (exact) mass is 343 g/mol. The minimum absolute atomic E-state index is 0.0642. The molecule has 1 aliphatic heterocycles. The molecule has 0 N–H and O–H groups in total. The zero-order valence-electron chi connectivity index (χ0n) is 15.1. The highest BCUT2D eigenvalue weighted by molar-refractivity contribution is 5.79. The first-order valence-corrected chi connectivity index (χ1v) is 8.88. The summed E-state index contributed by atoms with van der Waals surface area (Å²) in [5.41, 5.74) is 1.14. The van der Waals surface area contributed by atoms with Crippen LogP contribution in [0.2, 0.25) is 0 Å². The highest BCUT2D eigenvalue weighted by Gasteiger charge is 2.26. The van der Waals surface area contributed by atoms with Crippen molar-refractivity contribution < 1.29 is 4.79 Å². The van der Waals surface area contributed by atoms with Crippen LogP contribution >= 0.6 is 0 Å². The lowest BCUT2D eigenvalue weighted by molar-refractivity contribution is -0.135. The van der Waals surface area contributed by atoms with Gasteiger partial charge < -0.3 is 9.80 Å². The number of hydrogen-bond acceptors (Lipinski definition) is 5. The zero-order valence-corrected chi connectivity index (χ0v) is 15.1. The van der Waals surface area contributed by atoms with E-state index in [4.69, 9.17) is 0 Å². The molecule has 2 aromatic heterocycles. The fourth-order valence-corrected chi connectivity index (χ4v) is 3.36. The molecule has 0 spiro atoms. The fraction of sp³-hybridized carbons (Fsp3) is 0.556. The van der Waals surface area contributed by atoms with Gasteiger partial charge in [0.15, 0.2) is 11.5 Å². The second-order valence-corrected chi connectivity index (χ2v) is 6.65. The van der Waals surface area contributed by atoms with E-state index in [0.29, 0.717) is 43.2 Å². The lowest BCUT2D eigenvalue weighted by Crippen LogP contribution is -2.51. The maximum atomic E-state index is 12.6. The van der Waals surface area contributed by atoms with Gasteiger partial charge >= 0.3 is 0 Å². The average molecular weight is 343 g/mol. The molecular formula is C18H25N5O2. The van der Waals surface area contributed by atoms with Gasteiger partial charge in [-0.1, -0.05) is 20.3 Å². The van der Waals surface area contributed by atoms with Gasteiger partial charge in [0, 0.05) is 45.3 Å². The standard InChI is InChI=1S/C18H25N5O2/c1-4-6-13(2)17(24)23-11-9-22(10-12-23)16-18(25)21(3)15-14(20-16)7-5-8-19-15/h5,7-8,13H,4,6,9-12H2,1-3H3/t13-/m0/s1.